The van der Waals surface area contributed by atoms with Crippen LogP contribution in [0.15, 0.2) is 180 Å². The minimum Gasteiger partial charge on any atom is -0.455 e. The Bertz CT molecular complexity index is 3820. The Morgan fingerprint density at radius 1 is 0.377 bits per heavy atom. The zero-order chi connectivity index (χ0) is 40.6. The number of nitrogens with zero attached hydrogens (tertiary/aromatic N) is 2. The lowest BCUT2D eigenvalue weighted by Gasteiger charge is -2.19. The van der Waals surface area contributed by atoms with Crippen LogP contribution in [0.2, 0.25) is 0 Å². The summed E-state index contributed by atoms with van der Waals surface area (Å²) in [5.41, 5.74) is 16.1. The average Bonchev–Trinajstić information content (AvgIpc) is 3.83. The third-order valence-electron chi connectivity index (χ3n) is 13.1. The van der Waals surface area contributed by atoms with Crippen molar-refractivity contribution in [3.05, 3.63) is 181 Å². The maximum absolute atomic E-state index is 7.11. The quantitative estimate of drug-likeness (QED) is 0.168. The van der Waals surface area contributed by atoms with Crippen LogP contribution in [0, 0.1) is 0 Å². The van der Waals surface area contributed by atoms with E-state index in [2.05, 4.69) is 185 Å². The first kappa shape index (κ1) is 34.3. The Hall–Kier alpha value is -7.62. The number of benzene rings is 10. The van der Waals surface area contributed by atoms with Gasteiger partial charge in [0, 0.05) is 44.0 Å². The highest BCUT2D eigenvalue weighted by Gasteiger charge is 2.28. The second kappa shape index (κ2) is 12.5. The fourth-order valence-electron chi connectivity index (χ4n) is 10.3. The van der Waals surface area contributed by atoms with Crippen molar-refractivity contribution in [1.29, 1.82) is 0 Å². The lowest BCUT2D eigenvalue weighted by atomic mass is 9.83. The molecule has 3 heteroatoms. The Balaban J connectivity index is 1.13. The van der Waals surface area contributed by atoms with E-state index in [1.54, 1.807) is 0 Å². The molecule has 0 bridgehead atoms. The van der Waals surface area contributed by atoms with Gasteiger partial charge >= 0.3 is 0 Å². The molecular weight excluding hydrogens is 741 g/mol. The van der Waals surface area contributed by atoms with Gasteiger partial charge in [-0.1, -0.05) is 172 Å². The number of hydrogen-bond donors (Lipinski definition) is 0. The Morgan fingerprint density at radius 2 is 0.951 bits per heavy atom. The molecule has 2 aromatic heterocycles. The SMILES string of the molecule is CC(C)(C)c1cccc2c1oc1c(-c3c4ccccc4c(-c4ccc5ccccc5c4)c4ccc(-c5ccc6c7c(cccc57)-c5nc7ccccc7nc5-6)cc34)cccc12. The maximum atomic E-state index is 7.11. The van der Waals surface area contributed by atoms with Crippen LogP contribution in [0.5, 0.6) is 0 Å². The molecule has 0 spiro atoms. The molecule has 0 amide bonds. The van der Waals surface area contributed by atoms with Gasteiger partial charge < -0.3 is 4.42 Å². The molecule has 12 aromatic rings. The lowest BCUT2D eigenvalue weighted by Crippen LogP contribution is -2.10. The molecule has 2 heterocycles. The zero-order valence-corrected chi connectivity index (χ0v) is 34.0. The van der Waals surface area contributed by atoms with Crippen molar-refractivity contribution in [3.63, 3.8) is 0 Å². The molecule has 1 aliphatic rings. The van der Waals surface area contributed by atoms with Gasteiger partial charge in [0.05, 0.1) is 22.4 Å². The average molecular weight is 779 g/mol. The van der Waals surface area contributed by atoms with E-state index in [9.17, 15) is 0 Å². The van der Waals surface area contributed by atoms with Crippen LogP contribution in [0.25, 0.3) is 132 Å². The van der Waals surface area contributed by atoms with Crippen molar-refractivity contribution in [2.45, 2.75) is 26.2 Å². The van der Waals surface area contributed by atoms with E-state index in [-0.39, 0.29) is 5.41 Å². The van der Waals surface area contributed by atoms with Crippen LogP contribution in [0.3, 0.4) is 0 Å². The third kappa shape index (κ3) is 4.92. The van der Waals surface area contributed by atoms with Crippen molar-refractivity contribution in [2.24, 2.45) is 0 Å². The molecule has 286 valence electrons. The van der Waals surface area contributed by atoms with Crippen LogP contribution in [0.1, 0.15) is 26.3 Å². The summed E-state index contributed by atoms with van der Waals surface area (Å²) in [5.74, 6) is 0. The van der Waals surface area contributed by atoms with Gasteiger partial charge in [-0.2, -0.15) is 0 Å². The highest BCUT2D eigenvalue weighted by Crippen LogP contribution is 2.51. The van der Waals surface area contributed by atoms with Gasteiger partial charge in [-0.15, -0.1) is 0 Å². The van der Waals surface area contributed by atoms with Gasteiger partial charge in [-0.05, 0) is 89.6 Å². The first-order valence-electron chi connectivity index (χ1n) is 21.2. The van der Waals surface area contributed by atoms with E-state index < -0.39 is 0 Å². The topological polar surface area (TPSA) is 38.9 Å². The number of aromatic nitrogens is 2. The molecule has 13 rings (SSSR count). The highest BCUT2D eigenvalue weighted by atomic mass is 16.3. The molecule has 61 heavy (non-hydrogen) atoms. The Morgan fingerprint density at radius 3 is 1.72 bits per heavy atom. The third-order valence-corrected chi connectivity index (χ3v) is 13.1. The summed E-state index contributed by atoms with van der Waals surface area (Å²) in [6, 6.07) is 64.2. The van der Waals surface area contributed by atoms with Crippen LogP contribution < -0.4 is 0 Å². The molecule has 0 aliphatic heterocycles. The summed E-state index contributed by atoms with van der Waals surface area (Å²) < 4.78 is 7.11. The van der Waals surface area contributed by atoms with E-state index >= 15 is 0 Å². The van der Waals surface area contributed by atoms with Crippen LogP contribution in [0.4, 0.5) is 0 Å². The number of hydrogen-bond acceptors (Lipinski definition) is 3. The summed E-state index contributed by atoms with van der Waals surface area (Å²) in [6.45, 7) is 6.79. The Kier molecular flexibility index (Phi) is 6.99. The van der Waals surface area contributed by atoms with E-state index in [0.29, 0.717) is 0 Å². The summed E-state index contributed by atoms with van der Waals surface area (Å²) in [7, 11) is 0. The molecular formula is C58H38N2O. The summed E-state index contributed by atoms with van der Waals surface area (Å²) in [6.07, 6.45) is 0. The minimum absolute atomic E-state index is 0.0794. The zero-order valence-electron chi connectivity index (χ0n) is 34.0. The molecule has 10 aromatic carbocycles. The second-order valence-electron chi connectivity index (χ2n) is 17.6. The van der Waals surface area contributed by atoms with Gasteiger partial charge in [0.1, 0.15) is 11.2 Å². The second-order valence-corrected chi connectivity index (χ2v) is 17.6. The van der Waals surface area contributed by atoms with Crippen LogP contribution in [-0.4, -0.2) is 9.97 Å². The van der Waals surface area contributed by atoms with Gasteiger partial charge in [0.15, 0.2) is 0 Å². The van der Waals surface area contributed by atoms with Gasteiger partial charge in [0.25, 0.3) is 0 Å². The first-order valence-corrected chi connectivity index (χ1v) is 21.2. The summed E-state index contributed by atoms with van der Waals surface area (Å²) >= 11 is 0. The van der Waals surface area contributed by atoms with Gasteiger partial charge in [-0.3, -0.25) is 0 Å². The van der Waals surface area contributed by atoms with Crippen LogP contribution >= 0.6 is 0 Å². The molecule has 0 saturated carbocycles. The summed E-state index contributed by atoms with van der Waals surface area (Å²) in [5, 5.41) is 11.9. The van der Waals surface area contributed by atoms with Gasteiger partial charge in [0.2, 0.25) is 0 Å². The lowest BCUT2D eigenvalue weighted by molar-refractivity contribution is 0.573. The molecule has 3 nitrogen and oxygen atoms in total. The van der Waals surface area contributed by atoms with E-state index in [4.69, 9.17) is 14.4 Å². The number of furan rings is 1. The fourth-order valence-corrected chi connectivity index (χ4v) is 10.3. The molecule has 0 radical (unpaired) electrons. The molecule has 0 atom stereocenters. The Labute approximate surface area is 352 Å². The van der Waals surface area contributed by atoms with Gasteiger partial charge in [-0.25, -0.2) is 9.97 Å². The van der Waals surface area contributed by atoms with Crippen molar-refractivity contribution < 1.29 is 4.42 Å². The van der Waals surface area contributed by atoms with Crippen molar-refractivity contribution in [2.75, 3.05) is 0 Å². The molecule has 0 unspecified atom stereocenters. The molecule has 0 N–H and O–H groups in total. The smallest absolute Gasteiger partial charge is 0.143 e. The largest absolute Gasteiger partial charge is 0.455 e. The predicted molar refractivity (Wildman–Crippen MR) is 256 cm³/mol. The van der Waals surface area contributed by atoms with Crippen molar-refractivity contribution >= 4 is 76.1 Å². The monoisotopic (exact) mass is 778 g/mol. The first-order chi connectivity index (χ1) is 29.9. The van der Waals surface area contributed by atoms with E-state index in [1.165, 1.54) is 70.9 Å². The normalized spacial score (nSPS) is 12.5. The number of fused-ring (bicyclic) bond motifs is 10. The molecule has 0 fully saturated rings. The highest BCUT2D eigenvalue weighted by molar-refractivity contribution is 6.26. The van der Waals surface area contributed by atoms with Crippen molar-refractivity contribution in [1.82, 2.24) is 9.97 Å². The maximum Gasteiger partial charge on any atom is 0.143 e. The number of rotatable bonds is 3. The molecule has 1 aliphatic carbocycles. The fraction of sp³-hybridized carbons (Fsp3) is 0.0690. The summed E-state index contributed by atoms with van der Waals surface area (Å²) in [4.78, 5) is 10.3. The van der Waals surface area contributed by atoms with E-state index in [1.807, 2.05) is 12.1 Å². The predicted octanol–water partition coefficient (Wildman–Crippen LogP) is 16.1. The van der Waals surface area contributed by atoms with Crippen LogP contribution in [-0.2, 0) is 5.41 Å². The minimum atomic E-state index is -0.0794. The van der Waals surface area contributed by atoms with E-state index in [0.717, 1.165) is 66.6 Å². The number of para-hydroxylation sites is 4. The standard InChI is InChI=1S/C58H38N2O/c1-58(2,3)48-22-12-19-43-42-18-11-21-46(56(42)61-57(43)48)53-40-16-7-6-15-39(40)51(36-26-25-33-13-4-5-14-34(33)31-36)41-28-27-35(32-47(41)53)37-29-30-45-52-38(37)17-10-20-44(52)54-55(45)60-50-24-9-8-23-49(50)59-54/h4-32H,1-3H3. The molecule has 0 saturated heterocycles. The van der Waals surface area contributed by atoms with Crippen molar-refractivity contribution in [3.8, 4) is 55.9 Å².